The maximum Gasteiger partial charge on any atom is 0.335 e. The Bertz CT molecular complexity index is 1430. The number of rotatable bonds is 6. The third-order valence-corrected chi connectivity index (χ3v) is 6.02. The van der Waals surface area contributed by atoms with Crippen LogP contribution in [0.1, 0.15) is 28.8 Å². The van der Waals surface area contributed by atoms with E-state index in [1.165, 1.54) is 21.5 Å². The SMILES string of the molecule is O=C(O)CCCc1c(-c2ccc(C(=O)O)cc2)cc2ccc3cccc4ccc1c2c34. The molecule has 152 valence electrons. The summed E-state index contributed by atoms with van der Waals surface area (Å²) in [6.45, 7) is 0. The summed E-state index contributed by atoms with van der Waals surface area (Å²) >= 11 is 0. The van der Waals surface area contributed by atoms with Crippen LogP contribution < -0.4 is 0 Å². The Morgan fingerprint density at radius 3 is 2.10 bits per heavy atom. The van der Waals surface area contributed by atoms with Crippen molar-refractivity contribution in [2.75, 3.05) is 0 Å². The molecule has 0 saturated carbocycles. The van der Waals surface area contributed by atoms with Gasteiger partial charge in [-0.15, -0.1) is 0 Å². The Labute approximate surface area is 178 Å². The molecule has 0 aliphatic rings. The minimum absolute atomic E-state index is 0.110. The number of carboxylic acid groups (broad SMARTS) is 2. The second kappa shape index (κ2) is 7.40. The topological polar surface area (TPSA) is 74.6 Å². The van der Waals surface area contributed by atoms with Gasteiger partial charge in [0, 0.05) is 6.42 Å². The van der Waals surface area contributed by atoms with Gasteiger partial charge in [-0.2, -0.15) is 0 Å². The number of aromatic carboxylic acids is 1. The van der Waals surface area contributed by atoms with Gasteiger partial charge in [0.05, 0.1) is 5.56 Å². The largest absolute Gasteiger partial charge is 0.481 e. The molecule has 0 saturated heterocycles. The van der Waals surface area contributed by atoms with Crippen molar-refractivity contribution in [1.29, 1.82) is 0 Å². The summed E-state index contributed by atoms with van der Waals surface area (Å²) in [4.78, 5) is 22.4. The summed E-state index contributed by atoms with van der Waals surface area (Å²) < 4.78 is 0. The molecule has 0 aromatic heterocycles. The molecule has 31 heavy (non-hydrogen) atoms. The lowest BCUT2D eigenvalue weighted by Crippen LogP contribution is -2.00. The van der Waals surface area contributed by atoms with E-state index in [-0.39, 0.29) is 12.0 Å². The van der Waals surface area contributed by atoms with E-state index in [4.69, 9.17) is 5.11 Å². The molecule has 0 amide bonds. The summed E-state index contributed by atoms with van der Waals surface area (Å²) in [7, 11) is 0. The number of carboxylic acids is 2. The summed E-state index contributed by atoms with van der Waals surface area (Å²) in [5, 5.41) is 25.4. The Kier molecular flexibility index (Phi) is 4.55. The summed E-state index contributed by atoms with van der Waals surface area (Å²) in [6.07, 6.45) is 1.29. The molecule has 4 heteroatoms. The third-order valence-electron chi connectivity index (χ3n) is 6.02. The zero-order chi connectivity index (χ0) is 21.5. The van der Waals surface area contributed by atoms with Crippen LogP contribution in [0.3, 0.4) is 0 Å². The maximum atomic E-state index is 11.3. The summed E-state index contributed by atoms with van der Waals surface area (Å²) in [6, 6.07) is 23.8. The molecule has 0 unspecified atom stereocenters. The molecule has 0 radical (unpaired) electrons. The predicted molar refractivity (Wildman–Crippen MR) is 123 cm³/mol. The van der Waals surface area contributed by atoms with Crippen LogP contribution in [0.4, 0.5) is 0 Å². The molecule has 5 rings (SSSR count). The highest BCUT2D eigenvalue weighted by molar-refractivity contribution is 6.24. The molecule has 0 spiro atoms. The minimum atomic E-state index is -0.955. The highest BCUT2D eigenvalue weighted by Crippen LogP contribution is 2.40. The second-order valence-corrected chi connectivity index (χ2v) is 7.89. The van der Waals surface area contributed by atoms with Gasteiger partial charge in [0.15, 0.2) is 0 Å². The monoisotopic (exact) mass is 408 g/mol. The van der Waals surface area contributed by atoms with E-state index in [2.05, 4.69) is 48.5 Å². The van der Waals surface area contributed by atoms with E-state index in [9.17, 15) is 14.7 Å². The first-order valence-electron chi connectivity index (χ1n) is 10.3. The quantitative estimate of drug-likeness (QED) is 0.321. The van der Waals surface area contributed by atoms with E-state index in [0.29, 0.717) is 12.8 Å². The zero-order valence-electron chi connectivity index (χ0n) is 16.8. The Hall–Kier alpha value is -3.92. The molecule has 0 aliphatic carbocycles. The minimum Gasteiger partial charge on any atom is -0.481 e. The smallest absolute Gasteiger partial charge is 0.335 e. The normalized spacial score (nSPS) is 11.5. The van der Waals surface area contributed by atoms with Gasteiger partial charge in [-0.25, -0.2) is 4.79 Å². The number of carbonyl (C=O) groups is 2. The molecular formula is C27H20O4. The average Bonchev–Trinajstić information content (AvgIpc) is 2.77. The molecular weight excluding hydrogens is 388 g/mol. The van der Waals surface area contributed by atoms with Crippen LogP contribution in [0, 0.1) is 0 Å². The second-order valence-electron chi connectivity index (χ2n) is 7.89. The maximum absolute atomic E-state index is 11.3. The van der Waals surface area contributed by atoms with Crippen molar-refractivity contribution < 1.29 is 19.8 Å². The van der Waals surface area contributed by atoms with Gasteiger partial charge in [0.25, 0.3) is 0 Å². The van der Waals surface area contributed by atoms with Gasteiger partial charge in [0.1, 0.15) is 0 Å². The highest BCUT2D eigenvalue weighted by Gasteiger charge is 2.16. The van der Waals surface area contributed by atoms with Crippen LogP contribution in [0.25, 0.3) is 43.4 Å². The predicted octanol–water partition coefficient (Wildman–Crippen LogP) is 6.36. The van der Waals surface area contributed by atoms with E-state index < -0.39 is 11.9 Å². The van der Waals surface area contributed by atoms with Crippen molar-refractivity contribution in [2.45, 2.75) is 19.3 Å². The van der Waals surface area contributed by atoms with E-state index in [1.54, 1.807) is 12.1 Å². The van der Waals surface area contributed by atoms with Crippen LogP contribution in [0.2, 0.25) is 0 Å². The molecule has 4 nitrogen and oxygen atoms in total. The fraction of sp³-hybridized carbons (Fsp3) is 0.111. The van der Waals surface area contributed by atoms with Crippen molar-refractivity contribution in [3.05, 3.63) is 83.9 Å². The number of benzene rings is 5. The average molecular weight is 408 g/mol. The van der Waals surface area contributed by atoms with Crippen molar-refractivity contribution in [3.63, 3.8) is 0 Å². The lowest BCUT2D eigenvalue weighted by atomic mass is 9.85. The molecule has 0 atom stereocenters. The standard InChI is InChI=1S/C27H20O4/c28-24(29)6-2-5-21-22-14-13-18-4-1-3-17-9-12-20(26(22)25(17)18)15-23(21)16-7-10-19(11-8-16)27(30)31/h1,3-4,7-15H,2,5-6H2,(H,28,29)(H,30,31). The Balaban J connectivity index is 1.78. The molecule has 0 bridgehead atoms. The fourth-order valence-electron chi connectivity index (χ4n) is 4.60. The first-order valence-corrected chi connectivity index (χ1v) is 10.3. The Morgan fingerprint density at radius 1 is 0.742 bits per heavy atom. The van der Waals surface area contributed by atoms with E-state index in [0.717, 1.165) is 27.5 Å². The first-order chi connectivity index (χ1) is 15.0. The molecule has 0 aliphatic heterocycles. The van der Waals surface area contributed by atoms with Crippen LogP contribution in [-0.2, 0) is 11.2 Å². The van der Waals surface area contributed by atoms with E-state index in [1.807, 2.05) is 12.1 Å². The number of aliphatic carboxylic acids is 1. The Morgan fingerprint density at radius 2 is 1.42 bits per heavy atom. The van der Waals surface area contributed by atoms with Gasteiger partial charge >= 0.3 is 11.9 Å². The lowest BCUT2D eigenvalue weighted by molar-refractivity contribution is -0.137. The number of hydrogen-bond acceptors (Lipinski definition) is 2. The zero-order valence-corrected chi connectivity index (χ0v) is 16.8. The van der Waals surface area contributed by atoms with Crippen molar-refractivity contribution in [1.82, 2.24) is 0 Å². The summed E-state index contributed by atoms with van der Waals surface area (Å²) in [5.74, 6) is -1.76. The molecule has 0 heterocycles. The lowest BCUT2D eigenvalue weighted by Gasteiger charge is -2.18. The van der Waals surface area contributed by atoms with Gasteiger partial charge in [-0.1, -0.05) is 54.6 Å². The first kappa shape index (κ1) is 19.1. The van der Waals surface area contributed by atoms with Crippen molar-refractivity contribution in [3.8, 4) is 11.1 Å². The fourth-order valence-corrected chi connectivity index (χ4v) is 4.60. The van der Waals surface area contributed by atoms with Crippen LogP contribution in [0.15, 0.2) is 72.8 Å². The van der Waals surface area contributed by atoms with Crippen LogP contribution in [-0.4, -0.2) is 22.2 Å². The van der Waals surface area contributed by atoms with Crippen molar-refractivity contribution >= 4 is 44.3 Å². The van der Waals surface area contributed by atoms with Gasteiger partial charge in [0.2, 0.25) is 0 Å². The number of aryl methyl sites for hydroxylation is 1. The molecule has 5 aromatic rings. The molecule has 0 fully saturated rings. The summed E-state index contributed by atoms with van der Waals surface area (Å²) in [5.41, 5.74) is 3.30. The molecule has 2 N–H and O–H groups in total. The molecule has 5 aromatic carbocycles. The van der Waals surface area contributed by atoms with Gasteiger partial charge in [-0.05, 0) is 80.0 Å². The highest BCUT2D eigenvalue weighted by atomic mass is 16.4. The van der Waals surface area contributed by atoms with Gasteiger partial charge in [-0.3, -0.25) is 4.79 Å². The van der Waals surface area contributed by atoms with Crippen LogP contribution >= 0.6 is 0 Å². The van der Waals surface area contributed by atoms with Crippen molar-refractivity contribution in [2.24, 2.45) is 0 Å². The van der Waals surface area contributed by atoms with Gasteiger partial charge < -0.3 is 10.2 Å². The third kappa shape index (κ3) is 3.26. The van der Waals surface area contributed by atoms with E-state index >= 15 is 0 Å². The number of hydrogen-bond donors (Lipinski definition) is 2. The van der Waals surface area contributed by atoms with Crippen LogP contribution in [0.5, 0.6) is 0 Å².